The number of amides is 2. The van der Waals surface area contributed by atoms with Gasteiger partial charge in [-0.2, -0.15) is 0 Å². The van der Waals surface area contributed by atoms with Gasteiger partial charge in [0, 0.05) is 18.3 Å². The molecule has 2 amide bonds. The Kier molecular flexibility index (Phi) is 5.24. The van der Waals surface area contributed by atoms with Crippen LogP contribution in [0.1, 0.15) is 20.8 Å². The molecule has 0 aliphatic carbocycles. The van der Waals surface area contributed by atoms with E-state index in [0.717, 1.165) is 0 Å². The van der Waals surface area contributed by atoms with Crippen molar-refractivity contribution in [1.29, 1.82) is 0 Å². The molecule has 6 nitrogen and oxygen atoms in total. The van der Waals surface area contributed by atoms with E-state index in [1.54, 1.807) is 55.6 Å². The lowest BCUT2D eigenvalue weighted by molar-refractivity contribution is 0.0957. The second-order valence-corrected chi connectivity index (χ2v) is 5.40. The van der Waals surface area contributed by atoms with Crippen molar-refractivity contribution in [3.63, 3.8) is 0 Å². The summed E-state index contributed by atoms with van der Waals surface area (Å²) < 4.78 is 5.68. The van der Waals surface area contributed by atoms with E-state index in [2.05, 4.69) is 15.6 Å². The molecule has 2 N–H and O–H groups in total. The number of aromatic nitrogens is 1. The van der Waals surface area contributed by atoms with Gasteiger partial charge in [0.2, 0.25) is 0 Å². The highest BCUT2D eigenvalue weighted by Crippen LogP contribution is 2.22. The van der Waals surface area contributed by atoms with Gasteiger partial charge >= 0.3 is 0 Å². The fourth-order valence-corrected chi connectivity index (χ4v) is 2.24. The summed E-state index contributed by atoms with van der Waals surface area (Å²) in [5.74, 6) is 0.680. The molecule has 0 aliphatic rings. The van der Waals surface area contributed by atoms with E-state index in [1.165, 1.54) is 6.20 Å². The molecule has 0 fully saturated rings. The van der Waals surface area contributed by atoms with E-state index in [9.17, 15) is 9.59 Å². The smallest absolute Gasteiger partial charge is 0.269 e. The molecule has 0 saturated carbocycles. The predicted molar refractivity (Wildman–Crippen MR) is 98.5 cm³/mol. The molecular weight excluding hydrogens is 330 g/mol. The quantitative estimate of drug-likeness (QED) is 0.740. The Balaban J connectivity index is 1.62. The largest absolute Gasteiger partial charge is 0.456 e. The summed E-state index contributed by atoms with van der Waals surface area (Å²) in [6, 6.07) is 19.2. The molecule has 0 bridgehead atoms. The Morgan fingerprint density at radius 2 is 1.54 bits per heavy atom. The number of nitrogens with one attached hydrogen (secondary N) is 2. The van der Waals surface area contributed by atoms with Gasteiger partial charge in [-0.25, -0.2) is 4.98 Å². The van der Waals surface area contributed by atoms with E-state index in [-0.39, 0.29) is 11.8 Å². The SMILES string of the molecule is CNC(=O)c1ccc(Oc2ccc(NC(=O)c3ccccc3)cc2)cn1. The Morgan fingerprint density at radius 1 is 0.846 bits per heavy atom. The minimum Gasteiger partial charge on any atom is -0.456 e. The monoisotopic (exact) mass is 347 g/mol. The first-order chi connectivity index (χ1) is 12.7. The fourth-order valence-electron chi connectivity index (χ4n) is 2.24. The number of rotatable bonds is 5. The van der Waals surface area contributed by atoms with Crippen molar-refractivity contribution in [2.24, 2.45) is 0 Å². The number of ether oxygens (including phenoxy) is 1. The lowest BCUT2D eigenvalue weighted by Gasteiger charge is -2.08. The van der Waals surface area contributed by atoms with Crippen LogP contribution in [0.15, 0.2) is 72.9 Å². The number of nitrogens with zero attached hydrogens (tertiary/aromatic N) is 1. The van der Waals surface area contributed by atoms with Gasteiger partial charge in [-0.3, -0.25) is 9.59 Å². The minimum atomic E-state index is -0.255. The number of hydrogen-bond acceptors (Lipinski definition) is 4. The number of anilines is 1. The molecule has 130 valence electrons. The zero-order chi connectivity index (χ0) is 18.4. The van der Waals surface area contributed by atoms with Gasteiger partial charge in [-0.15, -0.1) is 0 Å². The average molecular weight is 347 g/mol. The highest BCUT2D eigenvalue weighted by atomic mass is 16.5. The number of pyridine rings is 1. The summed E-state index contributed by atoms with van der Waals surface area (Å²) in [7, 11) is 1.55. The summed E-state index contributed by atoms with van der Waals surface area (Å²) >= 11 is 0. The summed E-state index contributed by atoms with van der Waals surface area (Å²) in [5, 5.41) is 5.33. The number of carbonyl (C=O) groups is 2. The van der Waals surface area contributed by atoms with E-state index < -0.39 is 0 Å². The Bertz CT molecular complexity index is 892. The fraction of sp³-hybridized carbons (Fsp3) is 0.0500. The second kappa shape index (κ2) is 7.94. The maximum Gasteiger partial charge on any atom is 0.269 e. The Morgan fingerprint density at radius 3 is 2.15 bits per heavy atom. The van der Waals surface area contributed by atoms with Crippen molar-refractivity contribution in [2.45, 2.75) is 0 Å². The summed E-state index contributed by atoms with van der Waals surface area (Å²) in [6.07, 6.45) is 1.48. The van der Waals surface area contributed by atoms with Crippen molar-refractivity contribution in [1.82, 2.24) is 10.3 Å². The molecular formula is C20H17N3O3. The molecule has 2 aromatic carbocycles. The van der Waals surface area contributed by atoms with Crippen LogP contribution in [-0.2, 0) is 0 Å². The summed E-state index contributed by atoms with van der Waals surface area (Å²) in [6.45, 7) is 0. The molecule has 3 rings (SSSR count). The lowest BCUT2D eigenvalue weighted by atomic mass is 10.2. The van der Waals surface area contributed by atoms with Crippen molar-refractivity contribution in [2.75, 3.05) is 12.4 Å². The van der Waals surface area contributed by atoms with Crippen LogP contribution in [-0.4, -0.2) is 23.8 Å². The van der Waals surface area contributed by atoms with Gasteiger partial charge in [0.1, 0.15) is 17.2 Å². The van der Waals surface area contributed by atoms with Crippen LogP contribution in [0.2, 0.25) is 0 Å². The van der Waals surface area contributed by atoms with E-state index in [0.29, 0.717) is 28.4 Å². The zero-order valence-corrected chi connectivity index (χ0v) is 14.1. The highest BCUT2D eigenvalue weighted by Gasteiger charge is 2.07. The van der Waals surface area contributed by atoms with Crippen LogP contribution in [0.4, 0.5) is 5.69 Å². The van der Waals surface area contributed by atoms with Crippen molar-refractivity contribution < 1.29 is 14.3 Å². The molecule has 0 saturated heterocycles. The predicted octanol–water partition coefficient (Wildman–Crippen LogP) is 3.49. The van der Waals surface area contributed by atoms with Crippen LogP contribution < -0.4 is 15.4 Å². The molecule has 1 heterocycles. The molecule has 0 atom stereocenters. The third-order valence-corrected chi connectivity index (χ3v) is 3.58. The molecule has 1 aromatic heterocycles. The summed E-state index contributed by atoms with van der Waals surface area (Å²) in [4.78, 5) is 27.6. The van der Waals surface area contributed by atoms with Crippen LogP contribution in [0, 0.1) is 0 Å². The maximum absolute atomic E-state index is 12.1. The van der Waals surface area contributed by atoms with E-state index in [1.807, 2.05) is 18.2 Å². The molecule has 0 aliphatic heterocycles. The van der Waals surface area contributed by atoms with Crippen molar-refractivity contribution in [3.8, 4) is 11.5 Å². The number of hydrogen-bond donors (Lipinski definition) is 2. The van der Waals surface area contributed by atoms with Gasteiger partial charge in [0.15, 0.2) is 0 Å². The topological polar surface area (TPSA) is 80.3 Å². The van der Waals surface area contributed by atoms with Gasteiger partial charge < -0.3 is 15.4 Å². The van der Waals surface area contributed by atoms with Gasteiger partial charge in [-0.1, -0.05) is 18.2 Å². The lowest BCUT2D eigenvalue weighted by Crippen LogP contribution is -2.18. The van der Waals surface area contributed by atoms with Crippen LogP contribution in [0.25, 0.3) is 0 Å². The number of benzene rings is 2. The van der Waals surface area contributed by atoms with Crippen molar-refractivity contribution in [3.05, 3.63) is 84.2 Å². The molecule has 0 unspecified atom stereocenters. The van der Waals surface area contributed by atoms with Gasteiger partial charge in [-0.05, 0) is 48.5 Å². The maximum atomic E-state index is 12.1. The second-order valence-electron chi connectivity index (χ2n) is 5.40. The summed E-state index contributed by atoms with van der Waals surface area (Å²) in [5.41, 5.74) is 1.58. The Hall–Kier alpha value is -3.67. The van der Waals surface area contributed by atoms with Crippen molar-refractivity contribution >= 4 is 17.5 Å². The van der Waals surface area contributed by atoms with Crippen LogP contribution in [0.3, 0.4) is 0 Å². The third-order valence-electron chi connectivity index (χ3n) is 3.58. The molecule has 0 spiro atoms. The zero-order valence-electron chi connectivity index (χ0n) is 14.1. The first kappa shape index (κ1) is 17.2. The number of carbonyl (C=O) groups excluding carboxylic acids is 2. The molecule has 26 heavy (non-hydrogen) atoms. The molecule has 6 heteroatoms. The van der Waals surface area contributed by atoms with E-state index in [4.69, 9.17) is 4.74 Å². The standard InChI is InChI=1S/C20H17N3O3/c1-21-20(25)18-12-11-17(13-22-18)26-16-9-7-15(8-10-16)23-19(24)14-5-3-2-4-6-14/h2-13H,1H3,(H,21,25)(H,23,24). The van der Waals surface area contributed by atoms with Crippen LogP contribution in [0.5, 0.6) is 11.5 Å². The van der Waals surface area contributed by atoms with E-state index >= 15 is 0 Å². The molecule has 0 radical (unpaired) electrons. The molecule has 3 aromatic rings. The normalized spacial score (nSPS) is 10.0. The first-order valence-corrected chi connectivity index (χ1v) is 7.98. The first-order valence-electron chi connectivity index (χ1n) is 7.98. The third kappa shape index (κ3) is 4.24. The minimum absolute atomic E-state index is 0.173. The van der Waals surface area contributed by atoms with Gasteiger partial charge in [0.05, 0.1) is 6.20 Å². The Labute approximate surface area is 150 Å². The van der Waals surface area contributed by atoms with Gasteiger partial charge in [0.25, 0.3) is 11.8 Å². The average Bonchev–Trinajstić information content (AvgIpc) is 2.70. The van der Waals surface area contributed by atoms with Crippen LogP contribution >= 0.6 is 0 Å². The highest BCUT2D eigenvalue weighted by molar-refractivity contribution is 6.04.